The molecule has 70 valence electrons. The van der Waals surface area contributed by atoms with E-state index in [1.807, 2.05) is 12.1 Å². The van der Waals surface area contributed by atoms with Crippen LogP contribution in [0.5, 0.6) is 0 Å². The molecule has 1 aromatic rings. The van der Waals surface area contributed by atoms with Gasteiger partial charge in [-0.3, -0.25) is 4.79 Å². The molecule has 0 spiro atoms. The van der Waals surface area contributed by atoms with E-state index in [0.29, 0.717) is 11.4 Å². The van der Waals surface area contributed by atoms with Gasteiger partial charge in [0.2, 0.25) is 5.24 Å². The largest absolute Gasteiger partial charge is 0.280 e. The summed E-state index contributed by atoms with van der Waals surface area (Å²) in [6.07, 6.45) is 0.432. The van der Waals surface area contributed by atoms with Crippen molar-refractivity contribution < 1.29 is 4.79 Å². The van der Waals surface area contributed by atoms with Crippen LogP contribution in [0, 0.1) is 0 Å². The fraction of sp³-hybridized carbons (Fsp3) is 0.222. The van der Waals surface area contributed by atoms with E-state index >= 15 is 0 Å². The van der Waals surface area contributed by atoms with Gasteiger partial charge in [-0.2, -0.15) is 0 Å². The number of carbonyl (C=O) groups excluding carboxylic acids is 1. The zero-order chi connectivity index (χ0) is 9.84. The number of alkyl halides is 1. The van der Waals surface area contributed by atoms with Crippen LogP contribution in [0.25, 0.3) is 0 Å². The van der Waals surface area contributed by atoms with E-state index in [1.165, 1.54) is 0 Å². The summed E-state index contributed by atoms with van der Waals surface area (Å²) >= 11 is 16.6. The van der Waals surface area contributed by atoms with Crippen molar-refractivity contribution in [1.29, 1.82) is 0 Å². The quantitative estimate of drug-likeness (QED) is 0.582. The SMILES string of the molecule is O=C(Cl)[C@@H](Cl)Cc1ccc(Cl)cc1. The third-order valence-electron chi connectivity index (χ3n) is 1.57. The van der Waals surface area contributed by atoms with Crippen LogP contribution in [0.2, 0.25) is 5.02 Å². The molecule has 0 saturated carbocycles. The predicted octanol–water partition coefficient (Wildman–Crippen LogP) is 3.26. The van der Waals surface area contributed by atoms with Gasteiger partial charge in [0, 0.05) is 5.02 Å². The molecule has 1 aromatic carbocycles. The predicted molar refractivity (Wildman–Crippen MR) is 55.7 cm³/mol. The highest BCUT2D eigenvalue weighted by atomic mass is 35.5. The summed E-state index contributed by atoms with van der Waals surface area (Å²) < 4.78 is 0. The van der Waals surface area contributed by atoms with Gasteiger partial charge in [0.15, 0.2) is 0 Å². The van der Waals surface area contributed by atoms with E-state index in [4.69, 9.17) is 34.8 Å². The molecule has 13 heavy (non-hydrogen) atoms. The number of hydrogen-bond acceptors (Lipinski definition) is 1. The van der Waals surface area contributed by atoms with Gasteiger partial charge < -0.3 is 0 Å². The first-order valence-corrected chi connectivity index (χ1v) is 4.86. The Morgan fingerprint density at radius 3 is 2.31 bits per heavy atom. The minimum atomic E-state index is -0.664. The molecular formula is C9H7Cl3O. The fourth-order valence-electron chi connectivity index (χ4n) is 0.908. The van der Waals surface area contributed by atoms with Crippen LogP contribution in [0.3, 0.4) is 0 Å². The van der Waals surface area contributed by atoms with Gasteiger partial charge in [-0.05, 0) is 35.7 Å². The van der Waals surface area contributed by atoms with Crippen molar-refractivity contribution >= 4 is 40.0 Å². The summed E-state index contributed by atoms with van der Waals surface area (Å²) in [4.78, 5) is 10.6. The Bertz CT molecular complexity index is 294. The highest BCUT2D eigenvalue weighted by molar-refractivity contribution is 6.69. The van der Waals surface area contributed by atoms with E-state index in [2.05, 4.69) is 0 Å². The Morgan fingerprint density at radius 1 is 1.31 bits per heavy atom. The lowest BCUT2D eigenvalue weighted by atomic mass is 10.1. The van der Waals surface area contributed by atoms with E-state index in [0.717, 1.165) is 5.56 Å². The topological polar surface area (TPSA) is 17.1 Å². The van der Waals surface area contributed by atoms with Crippen LogP contribution in [0.15, 0.2) is 24.3 Å². The van der Waals surface area contributed by atoms with Gasteiger partial charge in [-0.15, -0.1) is 11.6 Å². The summed E-state index contributed by atoms with van der Waals surface area (Å²) in [5, 5.41) is -0.536. The number of rotatable bonds is 3. The summed E-state index contributed by atoms with van der Waals surface area (Å²) in [6.45, 7) is 0. The van der Waals surface area contributed by atoms with Gasteiger partial charge in [-0.1, -0.05) is 23.7 Å². The molecule has 0 radical (unpaired) electrons. The van der Waals surface area contributed by atoms with Crippen molar-refractivity contribution in [3.05, 3.63) is 34.9 Å². The van der Waals surface area contributed by atoms with Crippen LogP contribution in [0.4, 0.5) is 0 Å². The number of hydrogen-bond donors (Lipinski definition) is 0. The Morgan fingerprint density at radius 2 is 1.85 bits per heavy atom. The van der Waals surface area contributed by atoms with Crippen molar-refractivity contribution in [2.24, 2.45) is 0 Å². The molecule has 0 amide bonds. The Hall–Kier alpha value is -0.240. The number of halogens is 3. The Kier molecular flexibility index (Phi) is 4.04. The average molecular weight is 238 g/mol. The van der Waals surface area contributed by atoms with Crippen molar-refractivity contribution in [3.8, 4) is 0 Å². The summed E-state index contributed by atoms with van der Waals surface area (Å²) in [7, 11) is 0. The standard InChI is InChI=1S/C9H7Cl3O/c10-7-3-1-6(2-4-7)5-8(11)9(12)13/h1-4,8H,5H2/t8-/m0/s1. The van der Waals surface area contributed by atoms with Gasteiger partial charge in [0.25, 0.3) is 0 Å². The normalized spacial score (nSPS) is 12.5. The third-order valence-corrected chi connectivity index (χ3v) is 2.55. The minimum absolute atomic E-state index is 0.432. The highest BCUT2D eigenvalue weighted by Gasteiger charge is 2.12. The van der Waals surface area contributed by atoms with E-state index in [1.54, 1.807) is 12.1 Å². The van der Waals surface area contributed by atoms with Crippen LogP contribution in [0.1, 0.15) is 5.56 Å². The molecule has 0 fully saturated rings. The first-order chi connectivity index (χ1) is 6.09. The Labute approximate surface area is 91.6 Å². The third kappa shape index (κ3) is 3.55. The molecule has 0 aliphatic heterocycles. The molecule has 0 bridgehead atoms. The first-order valence-electron chi connectivity index (χ1n) is 3.67. The molecule has 0 aliphatic rings. The molecule has 1 nitrogen and oxygen atoms in total. The number of carbonyl (C=O) groups is 1. The summed E-state index contributed by atoms with van der Waals surface area (Å²) in [6, 6.07) is 7.13. The maximum absolute atomic E-state index is 10.6. The van der Waals surface area contributed by atoms with Crippen LogP contribution >= 0.6 is 34.8 Å². The molecule has 0 aliphatic carbocycles. The fourth-order valence-corrected chi connectivity index (χ4v) is 1.29. The molecule has 0 aromatic heterocycles. The van der Waals surface area contributed by atoms with Crippen LogP contribution < -0.4 is 0 Å². The summed E-state index contributed by atoms with van der Waals surface area (Å²) in [5.41, 5.74) is 0.943. The highest BCUT2D eigenvalue weighted by Crippen LogP contribution is 2.14. The molecule has 0 heterocycles. The zero-order valence-electron chi connectivity index (χ0n) is 6.64. The Balaban J connectivity index is 2.64. The molecule has 0 unspecified atom stereocenters. The maximum Gasteiger partial charge on any atom is 0.239 e. The average Bonchev–Trinajstić information content (AvgIpc) is 2.08. The molecular weight excluding hydrogens is 230 g/mol. The second kappa shape index (κ2) is 4.85. The van der Waals surface area contributed by atoms with Crippen molar-refractivity contribution in [3.63, 3.8) is 0 Å². The molecule has 1 rings (SSSR count). The smallest absolute Gasteiger partial charge is 0.239 e. The van der Waals surface area contributed by atoms with Crippen LogP contribution in [-0.4, -0.2) is 10.6 Å². The van der Waals surface area contributed by atoms with Gasteiger partial charge in [0.05, 0.1) is 0 Å². The van der Waals surface area contributed by atoms with Crippen molar-refractivity contribution in [1.82, 2.24) is 0 Å². The zero-order valence-corrected chi connectivity index (χ0v) is 8.90. The number of benzene rings is 1. The second-order valence-corrected chi connectivity index (χ2v) is 3.94. The van der Waals surface area contributed by atoms with E-state index in [9.17, 15) is 4.79 Å². The van der Waals surface area contributed by atoms with E-state index in [-0.39, 0.29) is 0 Å². The summed E-state index contributed by atoms with van der Waals surface area (Å²) in [5.74, 6) is 0. The van der Waals surface area contributed by atoms with E-state index < -0.39 is 10.6 Å². The first kappa shape index (κ1) is 10.8. The molecule has 1 atom stereocenters. The molecule has 4 heteroatoms. The van der Waals surface area contributed by atoms with Crippen LogP contribution in [-0.2, 0) is 11.2 Å². The maximum atomic E-state index is 10.6. The lowest BCUT2D eigenvalue weighted by Gasteiger charge is -2.03. The molecule has 0 N–H and O–H groups in total. The van der Waals surface area contributed by atoms with Crippen molar-refractivity contribution in [2.45, 2.75) is 11.8 Å². The minimum Gasteiger partial charge on any atom is -0.280 e. The second-order valence-electron chi connectivity index (χ2n) is 2.60. The van der Waals surface area contributed by atoms with Crippen molar-refractivity contribution in [2.75, 3.05) is 0 Å². The monoisotopic (exact) mass is 236 g/mol. The lowest BCUT2D eigenvalue weighted by molar-refractivity contribution is -0.111. The molecule has 0 saturated heterocycles. The van der Waals surface area contributed by atoms with Gasteiger partial charge in [-0.25, -0.2) is 0 Å². The lowest BCUT2D eigenvalue weighted by Crippen LogP contribution is -2.10. The van der Waals surface area contributed by atoms with Gasteiger partial charge >= 0.3 is 0 Å². The van der Waals surface area contributed by atoms with Gasteiger partial charge in [0.1, 0.15) is 5.38 Å².